The highest BCUT2D eigenvalue weighted by Crippen LogP contribution is 2.56. The van der Waals surface area contributed by atoms with Crippen LogP contribution in [0.4, 0.5) is 11.6 Å². The Balaban J connectivity index is 1.46. The van der Waals surface area contributed by atoms with E-state index in [2.05, 4.69) is 15.3 Å². The van der Waals surface area contributed by atoms with Crippen molar-refractivity contribution >= 4 is 22.7 Å². The number of rotatable bonds is 3. The molecule has 0 atom stereocenters. The van der Waals surface area contributed by atoms with Gasteiger partial charge in [-0.05, 0) is 62.3 Å². The number of non-ortho nitro benzene ring substituents is 1. The Morgan fingerprint density at radius 3 is 2.43 bits per heavy atom. The number of fused-ring (bicyclic) bond motifs is 1. The molecule has 4 aliphatic carbocycles. The summed E-state index contributed by atoms with van der Waals surface area (Å²) in [6, 6.07) is 4.79. The van der Waals surface area contributed by atoms with Crippen LogP contribution >= 0.6 is 0 Å². The van der Waals surface area contributed by atoms with Crippen molar-refractivity contribution in [3.63, 3.8) is 0 Å². The number of imidazole rings is 1. The van der Waals surface area contributed by atoms with Crippen molar-refractivity contribution in [1.29, 1.82) is 0 Å². The third-order valence-electron chi connectivity index (χ3n) is 6.10. The third kappa shape index (κ3) is 2.11. The first kappa shape index (κ1) is 13.3. The normalized spacial score (nSPS) is 34.9. The van der Waals surface area contributed by atoms with Crippen LogP contribution in [0.2, 0.25) is 0 Å². The molecule has 6 heteroatoms. The number of hydrogen-bond acceptors (Lipinski definition) is 4. The molecule has 1 aromatic heterocycles. The molecule has 6 rings (SSSR count). The van der Waals surface area contributed by atoms with Crippen LogP contribution in [0, 0.1) is 27.9 Å². The summed E-state index contributed by atoms with van der Waals surface area (Å²) in [6.07, 6.45) is 7.97. The lowest BCUT2D eigenvalue weighted by atomic mass is 9.53. The molecule has 0 radical (unpaired) electrons. The molecule has 2 aromatic rings. The SMILES string of the molecule is O=[N+]([O-])c1ccc2nc(NC34CC5CC(CC(C5)C3)C4)[nH]c2c1. The number of benzene rings is 1. The highest BCUT2D eigenvalue weighted by atomic mass is 16.6. The summed E-state index contributed by atoms with van der Waals surface area (Å²) in [5.41, 5.74) is 1.80. The number of aromatic amines is 1. The van der Waals surface area contributed by atoms with Crippen molar-refractivity contribution in [2.45, 2.75) is 44.1 Å². The smallest absolute Gasteiger partial charge is 0.271 e. The number of nitro groups is 1. The molecule has 1 aromatic carbocycles. The van der Waals surface area contributed by atoms with Gasteiger partial charge in [-0.15, -0.1) is 0 Å². The van der Waals surface area contributed by atoms with Crippen molar-refractivity contribution < 1.29 is 4.92 Å². The molecule has 4 aliphatic rings. The van der Waals surface area contributed by atoms with Crippen molar-refractivity contribution in [1.82, 2.24) is 9.97 Å². The van der Waals surface area contributed by atoms with Crippen LogP contribution < -0.4 is 5.32 Å². The molecule has 4 saturated carbocycles. The van der Waals surface area contributed by atoms with Gasteiger partial charge in [-0.25, -0.2) is 4.98 Å². The number of H-pyrrole nitrogens is 1. The monoisotopic (exact) mass is 312 g/mol. The van der Waals surface area contributed by atoms with Gasteiger partial charge in [-0.1, -0.05) is 0 Å². The molecule has 0 spiro atoms. The average Bonchev–Trinajstić information content (AvgIpc) is 2.85. The predicted octanol–water partition coefficient (Wildman–Crippen LogP) is 3.85. The number of anilines is 1. The molecule has 6 nitrogen and oxygen atoms in total. The van der Waals surface area contributed by atoms with E-state index in [1.807, 2.05) is 0 Å². The average molecular weight is 312 g/mol. The van der Waals surface area contributed by atoms with Gasteiger partial charge in [-0.2, -0.15) is 0 Å². The molecule has 2 N–H and O–H groups in total. The number of hydrogen-bond donors (Lipinski definition) is 2. The Bertz CT molecular complexity index is 762. The van der Waals surface area contributed by atoms with Crippen LogP contribution in [0.25, 0.3) is 11.0 Å². The van der Waals surface area contributed by atoms with Gasteiger partial charge >= 0.3 is 0 Å². The number of aromatic nitrogens is 2. The van der Waals surface area contributed by atoms with E-state index < -0.39 is 0 Å². The molecule has 0 unspecified atom stereocenters. The second-order valence-corrected chi connectivity index (χ2v) is 7.87. The number of nitro benzene ring substituents is 1. The first-order chi connectivity index (χ1) is 11.1. The second kappa shape index (κ2) is 4.46. The van der Waals surface area contributed by atoms with Gasteiger partial charge < -0.3 is 10.3 Å². The lowest BCUT2D eigenvalue weighted by molar-refractivity contribution is -0.384. The van der Waals surface area contributed by atoms with E-state index in [4.69, 9.17) is 0 Å². The van der Waals surface area contributed by atoms with Crippen LogP contribution in [-0.4, -0.2) is 20.4 Å². The van der Waals surface area contributed by atoms with Gasteiger partial charge in [0.25, 0.3) is 5.69 Å². The van der Waals surface area contributed by atoms with Gasteiger partial charge in [0, 0.05) is 17.7 Å². The highest BCUT2D eigenvalue weighted by molar-refractivity contribution is 5.80. The first-order valence-electron chi connectivity index (χ1n) is 8.51. The maximum absolute atomic E-state index is 10.9. The predicted molar refractivity (Wildman–Crippen MR) is 87.3 cm³/mol. The molecule has 0 saturated heterocycles. The molecule has 4 bridgehead atoms. The zero-order valence-electron chi connectivity index (χ0n) is 12.9. The highest BCUT2D eigenvalue weighted by Gasteiger charge is 2.51. The molecule has 23 heavy (non-hydrogen) atoms. The summed E-state index contributed by atoms with van der Waals surface area (Å²) in [7, 11) is 0. The number of nitrogens with zero attached hydrogens (tertiary/aromatic N) is 2. The van der Waals surface area contributed by atoms with E-state index in [0.717, 1.165) is 34.7 Å². The first-order valence-corrected chi connectivity index (χ1v) is 8.51. The molecule has 4 fully saturated rings. The lowest BCUT2D eigenvalue weighted by Crippen LogP contribution is -2.54. The summed E-state index contributed by atoms with van der Waals surface area (Å²) in [5, 5.41) is 14.6. The number of nitrogens with one attached hydrogen (secondary N) is 2. The van der Waals surface area contributed by atoms with Crippen LogP contribution in [-0.2, 0) is 0 Å². The summed E-state index contributed by atoms with van der Waals surface area (Å²) in [4.78, 5) is 18.4. The van der Waals surface area contributed by atoms with Crippen molar-refractivity contribution in [2.75, 3.05) is 5.32 Å². The standard InChI is InChI=1S/C17H20N4O2/c22-21(23)13-1-2-14-15(6-13)19-16(18-14)20-17-7-10-3-11(8-17)5-12(4-10)9-17/h1-2,6,10-12H,3-5,7-9H2,(H2,18,19,20). The van der Waals surface area contributed by atoms with Gasteiger partial charge in [-0.3, -0.25) is 10.1 Å². The molecular formula is C17H20N4O2. The van der Waals surface area contributed by atoms with Crippen LogP contribution in [0.3, 0.4) is 0 Å². The molecule has 1 heterocycles. The Kier molecular flexibility index (Phi) is 2.59. The minimum atomic E-state index is -0.369. The molecule has 120 valence electrons. The maximum Gasteiger partial charge on any atom is 0.271 e. The fourth-order valence-corrected chi connectivity index (χ4v) is 5.69. The fraction of sp³-hybridized carbons (Fsp3) is 0.588. The van der Waals surface area contributed by atoms with Gasteiger partial charge in [0.1, 0.15) is 0 Å². The van der Waals surface area contributed by atoms with Gasteiger partial charge in [0.15, 0.2) is 0 Å². The molecule has 0 amide bonds. The third-order valence-corrected chi connectivity index (χ3v) is 6.10. The van der Waals surface area contributed by atoms with E-state index in [0.29, 0.717) is 0 Å². The van der Waals surface area contributed by atoms with Crippen molar-refractivity contribution in [3.05, 3.63) is 28.3 Å². The van der Waals surface area contributed by atoms with E-state index >= 15 is 0 Å². The summed E-state index contributed by atoms with van der Waals surface area (Å²) in [6.45, 7) is 0. The Labute approximate surface area is 133 Å². The van der Waals surface area contributed by atoms with Crippen molar-refractivity contribution in [3.8, 4) is 0 Å². The summed E-state index contributed by atoms with van der Waals surface area (Å²) in [5.74, 6) is 3.39. The Morgan fingerprint density at radius 1 is 1.17 bits per heavy atom. The van der Waals surface area contributed by atoms with E-state index in [9.17, 15) is 10.1 Å². The zero-order valence-corrected chi connectivity index (χ0v) is 12.9. The van der Waals surface area contributed by atoms with Crippen molar-refractivity contribution in [2.24, 2.45) is 17.8 Å². The van der Waals surface area contributed by atoms with Gasteiger partial charge in [0.2, 0.25) is 5.95 Å². The zero-order chi connectivity index (χ0) is 15.6. The Morgan fingerprint density at radius 2 is 1.83 bits per heavy atom. The minimum absolute atomic E-state index is 0.0995. The van der Waals surface area contributed by atoms with Gasteiger partial charge in [0.05, 0.1) is 16.0 Å². The molecule has 0 aliphatic heterocycles. The molecular weight excluding hydrogens is 292 g/mol. The maximum atomic E-state index is 10.9. The Hall–Kier alpha value is -2.11. The minimum Gasteiger partial charge on any atom is -0.350 e. The fourth-order valence-electron chi connectivity index (χ4n) is 5.69. The summed E-state index contributed by atoms with van der Waals surface area (Å²) >= 11 is 0. The van der Waals surface area contributed by atoms with Crippen LogP contribution in [0.5, 0.6) is 0 Å². The van der Waals surface area contributed by atoms with E-state index in [-0.39, 0.29) is 16.1 Å². The lowest BCUT2D eigenvalue weighted by Gasteiger charge is -2.56. The largest absolute Gasteiger partial charge is 0.350 e. The topological polar surface area (TPSA) is 83.8 Å². The van der Waals surface area contributed by atoms with E-state index in [1.165, 1.54) is 44.6 Å². The summed E-state index contributed by atoms with van der Waals surface area (Å²) < 4.78 is 0. The quantitative estimate of drug-likeness (QED) is 0.666. The van der Waals surface area contributed by atoms with E-state index in [1.54, 1.807) is 12.1 Å². The van der Waals surface area contributed by atoms with Crippen LogP contribution in [0.1, 0.15) is 38.5 Å². The second-order valence-electron chi connectivity index (χ2n) is 7.87. The van der Waals surface area contributed by atoms with Crippen LogP contribution in [0.15, 0.2) is 18.2 Å².